The summed E-state index contributed by atoms with van der Waals surface area (Å²) < 4.78 is 4.76. The fraction of sp³-hybridized carbons (Fsp3) is 0. The number of para-hydroxylation sites is 4. The Kier molecular flexibility index (Phi) is 6.02. The quantitative estimate of drug-likeness (QED) is 0.185. The summed E-state index contributed by atoms with van der Waals surface area (Å²) in [4.78, 5) is 10.6. The van der Waals surface area contributed by atoms with Gasteiger partial charge in [0.25, 0.3) is 0 Å². The molecule has 4 heteroatoms. The van der Waals surface area contributed by atoms with Crippen molar-refractivity contribution < 1.29 is 0 Å². The predicted molar refractivity (Wildman–Crippen MR) is 224 cm³/mol. The first-order valence-corrected chi connectivity index (χ1v) is 18.4. The molecule has 11 aromatic rings. The highest BCUT2D eigenvalue weighted by molar-refractivity contribution is 6.17. The van der Waals surface area contributed by atoms with E-state index < -0.39 is 0 Å². The van der Waals surface area contributed by atoms with Gasteiger partial charge in [-0.15, -0.1) is 0 Å². The molecule has 0 saturated heterocycles. The van der Waals surface area contributed by atoms with Gasteiger partial charge in [-0.25, -0.2) is 9.97 Å². The maximum Gasteiger partial charge on any atom is 0.165 e. The van der Waals surface area contributed by atoms with Crippen LogP contribution in [0, 0.1) is 0 Å². The predicted octanol–water partition coefficient (Wildman–Crippen LogP) is 12.8. The van der Waals surface area contributed by atoms with E-state index in [9.17, 15) is 0 Å². The van der Waals surface area contributed by atoms with E-state index in [1.54, 1.807) is 0 Å². The minimum absolute atomic E-state index is 0.863. The molecule has 250 valence electrons. The van der Waals surface area contributed by atoms with Gasteiger partial charge in [-0.3, -0.25) is 4.57 Å². The second-order valence-corrected chi connectivity index (χ2v) is 14.2. The Labute approximate surface area is 310 Å². The molecule has 8 aromatic carbocycles. The van der Waals surface area contributed by atoms with Crippen LogP contribution in [0.2, 0.25) is 0 Å². The number of benzene rings is 8. The van der Waals surface area contributed by atoms with Crippen LogP contribution in [0.1, 0.15) is 0 Å². The third kappa shape index (κ3) is 4.13. The average Bonchev–Trinajstić information content (AvgIpc) is 3.72. The lowest BCUT2D eigenvalue weighted by Crippen LogP contribution is -2.02. The molecular formula is C50H30N4. The molecule has 1 aliphatic heterocycles. The normalized spacial score (nSPS) is 12.1. The second kappa shape index (κ2) is 11.1. The highest BCUT2D eigenvalue weighted by atomic mass is 15.1. The Morgan fingerprint density at radius 3 is 1.87 bits per heavy atom. The van der Waals surface area contributed by atoms with Gasteiger partial charge in [0.15, 0.2) is 5.82 Å². The molecule has 0 fully saturated rings. The zero-order valence-electron chi connectivity index (χ0n) is 29.1. The van der Waals surface area contributed by atoms with Gasteiger partial charge in [0.1, 0.15) is 5.69 Å². The van der Waals surface area contributed by atoms with Crippen molar-refractivity contribution in [3.05, 3.63) is 182 Å². The van der Waals surface area contributed by atoms with Crippen LogP contribution < -0.4 is 0 Å². The van der Waals surface area contributed by atoms with Crippen molar-refractivity contribution in [2.45, 2.75) is 0 Å². The maximum atomic E-state index is 5.32. The second-order valence-electron chi connectivity index (χ2n) is 14.2. The van der Waals surface area contributed by atoms with Crippen molar-refractivity contribution in [3.63, 3.8) is 0 Å². The molecule has 0 radical (unpaired) electrons. The van der Waals surface area contributed by atoms with Crippen molar-refractivity contribution in [1.82, 2.24) is 19.1 Å². The first-order chi connectivity index (χ1) is 26.8. The summed E-state index contributed by atoms with van der Waals surface area (Å²) in [5.74, 6) is 0.863. The van der Waals surface area contributed by atoms with Gasteiger partial charge >= 0.3 is 0 Å². The first-order valence-electron chi connectivity index (χ1n) is 18.4. The average molecular weight is 687 g/mol. The van der Waals surface area contributed by atoms with Crippen molar-refractivity contribution >= 4 is 54.6 Å². The molecule has 4 nitrogen and oxygen atoms in total. The number of hydrogen-bond acceptors (Lipinski definition) is 2. The molecular weight excluding hydrogens is 657 g/mol. The van der Waals surface area contributed by atoms with Gasteiger partial charge < -0.3 is 4.57 Å². The summed E-state index contributed by atoms with van der Waals surface area (Å²) in [6.07, 6.45) is 0. The van der Waals surface area contributed by atoms with Crippen LogP contribution in [0.4, 0.5) is 0 Å². The standard InChI is InChI=1S/C50H30N4/c1-2-12-31(13-3-1)32-14-10-15-35(28-32)53-45-23-9-6-17-37(45)38-26-24-34(30-47(38)53)33-25-27-46-42(29-33)41-20-11-19-40-36-16-4-5-18-39(36)48-50(54(46)49(40)41)52-44-22-8-7-21-43(44)51-48/h1-30H. The van der Waals surface area contributed by atoms with Gasteiger partial charge in [-0.05, 0) is 76.3 Å². The van der Waals surface area contributed by atoms with Crippen LogP contribution in [-0.2, 0) is 0 Å². The van der Waals surface area contributed by atoms with Crippen LogP contribution >= 0.6 is 0 Å². The van der Waals surface area contributed by atoms with Gasteiger partial charge in [0, 0.05) is 38.4 Å². The summed E-state index contributed by atoms with van der Waals surface area (Å²) in [6, 6.07) is 65.5. The van der Waals surface area contributed by atoms with Crippen molar-refractivity contribution in [2.24, 2.45) is 0 Å². The minimum Gasteiger partial charge on any atom is -0.309 e. The van der Waals surface area contributed by atoms with E-state index in [4.69, 9.17) is 9.97 Å². The number of rotatable bonds is 3. The fourth-order valence-electron chi connectivity index (χ4n) is 8.82. The van der Waals surface area contributed by atoms with E-state index in [0.717, 1.165) is 44.8 Å². The van der Waals surface area contributed by atoms with E-state index in [-0.39, 0.29) is 0 Å². The maximum absolute atomic E-state index is 5.32. The fourth-order valence-corrected chi connectivity index (χ4v) is 8.82. The summed E-state index contributed by atoms with van der Waals surface area (Å²) in [5, 5.41) is 4.89. The molecule has 4 heterocycles. The van der Waals surface area contributed by atoms with Crippen LogP contribution in [-0.4, -0.2) is 19.1 Å². The summed E-state index contributed by atoms with van der Waals surface area (Å²) in [5.41, 5.74) is 16.7. The van der Waals surface area contributed by atoms with Crippen molar-refractivity contribution in [2.75, 3.05) is 0 Å². The number of nitrogens with zero attached hydrogens (tertiary/aromatic N) is 4. The van der Waals surface area contributed by atoms with Gasteiger partial charge in [-0.1, -0.05) is 133 Å². The Morgan fingerprint density at radius 2 is 0.963 bits per heavy atom. The molecule has 0 atom stereocenters. The molecule has 0 bridgehead atoms. The molecule has 0 unspecified atom stereocenters. The monoisotopic (exact) mass is 686 g/mol. The molecule has 12 rings (SSSR count). The largest absolute Gasteiger partial charge is 0.309 e. The van der Waals surface area contributed by atoms with Gasteiger partial charge in [-0.2, -0.15) is 0 Å². The molecule has 0 spiro atoms. The Hall–Kier alpha value is -7.30. The lowest BCUT2D eigenvalue weighted by Gasteiger charge is -2.12. The molecule has 3 aromatic heterocycles. The van der Waals surface area contributed by atoms with E-state index in [1.165, 1.54) is 66.0 Å². The summed E-state index contributed by atoms with van der Waals surface area (Å²) >= 11 is 0. The van der Waals surface area contributed by atoms with E-state index in [0.29, 0.717) is 0 Å². The number of hydrogen-bond donors (Lipinski definition) is 0. The highest BCUT2D eigenvalue weighted by Crippen LogP contribution is 2.46. The Bertz CT molecular complexity index is 3330. The molecule has 0 saturated carbocycles. The van der Waals surface area contributed by atoms with Crippen molar-refractivity contribution in [1.29, 1.82) is 0 Å². The Balaban J connectivity index is 1.10. The molecule has 0 aliphatic carbocycles. The minimum atomic E-state index is 0.863. The molecule has 0 amide bonds. The van der Waals surface area contributed by atoms with Crippen molar-refractivity contribution in [3.8, 4) is 56.1 Å². The molecule has 54 heavy (non-hydrogen) atoms. The lowest BCUT2D eigenvalue weighted by molar-refractivity contribution is 1.09. The van der Waals surface area contributed by atoms with Crippen LogP contribution in [0.25, 0.3) is 111 Å². The third-order valence-corrected chi connectivity index (χ3v) is 11.2. The SMILES string of the molecule is c1ccc(-c2cccc(-n3c4ccccc4c4ccc(-c5ccc6c(c5)c5cccc7c5n6-c5nc6ccccc6nc5-c5ccccc5-7)cc43)c2)cc1. The van der Waals surface area contributed by atoms with E-state index in [2.05, 4.69) is 179 Å². The zero-order chi connectivity index (χ0) is 35.3. The molecule has 0 N–H and O–H groups in total. The van der Waals surface area contributed by atoms with E-state index >= 15 is 0 Å². The number of fused-ring (bicyclic) bond motifs is 12. The number of aromatic nitrogens is 4. The molecule has 1 aliphatic rings. The van der Waals surface area contributed by atoms with Gasteiger partial charge in [0.05, 0.1) is 33.1 Å². The van der Waals surface area contributed by atoms with Crippen LogP contribution in [0.5, 0.6) is 0 Å². The van der Waals surface area contributed by atoms with Gasteiger partial charge in [0.2, 0.25) is 0 Å². The van der Waals surface area contributed by atoms with E-state index in [1.807, 2.05) is 12.1 Å². The summed E-state index contributed by atoms with van der Waals surface area (Å²) in [6.45, 7) is 0. The Morgan fingerprint density at radius 1 is 0.333 bits per heavy atom. The lowest BCUT2D eigenvalue weighted by atomic mass is 9.96. The highest BCUT2D eigenvalue weighted by Gasteiger charge is 2.27. The zero-order valence-corrected chi connectivity index (χ0v) is 29.1. The van der Waals surface area contributed by atoms with Crippen LogP contribution in [0.15, 0.2) is 182 Å². The third-order valence-electron chi connectivity index (χ3n) is 11.2. The van der Waals surface area contributed by atoms with Crippen LogP contribution in [0.3, 0.4) is 0 Å². The topological polar surface area (TPSA) is 35.6 Å². The summed E-state index contributed by atoms with van der Waals surface area (Å²) in [7, 11) is 0. The smallest absolute Gasteiger partial charge is 0.165 e. The first kappa shape index (κ1) is 29.3.